The normalized spacial score (nSPS) is 12.8. The van der Waals surface area contributed by atoms with E-state index in [4.69, 9.17) is 5.11 Å². The van der Waals surface area contributed by atoms with Crippen molar-refractivity contribution in [1.82, 2.24) is 5.32 Å². The number of halogens is 2. The molecule has 116 valence electrons. The average molecular weight is 317 g/mol. The third-order valence-electron chi connectivity index (χ3n) is 2.67. The first-order chi connectivity index (χ1) is 9.61. The van der Waals surface area contributed by atoms with Gasteiger partial charge in [-0.05, 0) is 17.5 Å². The van der Waals surface area contributed by atoms with Gasteiger partial charge in [-0.2, -0.15) is 0 Å². The summed E-state index contributed by atoms with van der Waals surface area (Å²) in [4.78, 5) is 23.0. The fourth-order valence-corrected chi connectivity index (χ4v) is 2.32. The molecule has 21 heavy (non-hydrogen) atoms. The second-order valence-corrected chi connectivity index (χ2v) is 6.59. The minimum Gasteiger partial charge on any atom is -0.480 e. The van der Waals surface area contributed by atoms with Crippen molar-refractivity contribution in [2.45, 2.75) is 31.7 Å². The number of carboxylic acid groups (broad SMARTS) is 1. The van der Waals surface area contributed by atoms with Crippen molar-refractivity contribution in [3.63, 3.8) is 0 Å². The molecule has 2 N–H and O–H groups in total. The van der Waals surface area contributed by atoms with Crippen molar-refractivity contribution in [3.05, 3.63) is 29.8 Å². The Kier molecular flexibility index (Phi) is 5.71. The first-order valence-electron chi connectivity index (χ1n) is 6.21. The molecule has 0 aliphatic carbocycles. The SMILES string of the molecule is CC(C)(C)[C@H](NC(=O)CSc1ccc(F)cc1F)C(=O)O. The highest BCUT2D eigenvalue weighted by molar-refractivity contribution is 8.00. The Morgan fingerprint density at radius 3 is 2.43 bits per heavy atom. The van der Waals surface area contributed by atoms with Gasteiger partial charge in [-0.25, -0.2) is 13.6 Å². The Bertz CT molecular complexity index is 544. The van der Waals surface area contributed by atoms with Gasteiger partial charge in [-0.3, -0.25) is 4.79 Å². The van der Waals surface area contributed by atoms with E-state index < -0.39 is 35.0 Å². The second-order valence-electron chi connectivity index (χ2n) is 5.57. The molecule has 4 nitrogen and oxygen atoms in total. The minimum atomic E-state index is -1.13. The summed E-state index contributed by atoms with van der Waals surface area (Å²) in [7, 11) is 0. The van der Waals surface area contributed by atoms with E-state index in [0.29, 0.717) is 0 Å². The molecule has 7 heteroatoms. The number of nitrogens with one attached hydrogen (secondary N) is 1. The second kappa shape index (κ2) is 6.89. The summed E-state index contributed by atoms with van der Waals surface area (Å²) in [5.41, 5.74) is -0.646. The van der Waals surface area contributed by atoms with Crippen LogP contribution in [0.25, 0.3) is 0 Å². The fourth-order valence-electron chi connectivity index (χ4n) is 1.59. The van der Waals surface area contributed by atoms with Crippen LogP contribution in [0.3, 0.4) is 0 Å². The lowest BCUT2D eigenvalue weighted by Crippen LogP contribution is -2.49. The van der Waals surface area contributed by atoms with Crippen LogP contribution in [-0.4, -0.2) is 28.8 Å². The number of benzene rings is 1. The quantitative estimate of drug-likeness (QED) is 0.820. The van der Waals surface area contributed by atoms with Crippen LogP contribution in [0, 0.1) is 17.0 Å². The number of carbonyl (C=O) groups excluding carboxylic acids is 1. The van der Waals surface area contributed by atoms with Crippen LogP contribution in [0.5, 0.6) is 0 Å². The summed E-state index contributed by atoms with van der Waals surface area (Å²) in [6.07, 6.45) is 0. The molecule has 0 radical (unpaired) electrons. The number of hydrogen-bond acceptors (Lipinski definition) is 3. The summed E-state index contributed by atoms with van der Waals surface area (Å²) in [5, 5.41) is 11.5. The molecule has 1 rings (SSSR count). The predicted octanol–water partition coefficient (Wildman–Crippen LogP) is 2.67. The highest BCUT2D eigenvalue weighted by Crippen LogP contribution is 2.23. The molecule has 1 atom stereocenters. The molecule has 1 aromatic rings. The first-order valence-corrected chi connectivity index (χ1v) is 7.20. The molecular formula is C14H17F2NO3S. The molecule has 0 aliphatic rings. The van der Waals surface area contributed by atoms with E-state index in [1.54, 1.807) is 20.8 Å². The van der Waals surface area contributed by atoms with Gasteiger partial charge in [-0.15, -0.1) is 11.8 Å². The zero-order valence-corrected chi connectivity index (χ0v) is 12.8. The molecule has 0 spiro atoms. The van der Waals surface area contributed by atoms with E-state index in [9.17, 15) is 18.4 Å². The number of aliphatic carboxylic acids is 1. The number of thioether (sulfide) groups is 1. The maximum Gasteiger partial charge on any atom is 0.326 e. The van der Waals surface area contributed by atoms with Crippen molar-refractivity contribution < 1.29 is 23.5 Å². The molecule has 1 aromatic carbocycles. The van der Waals surface area contributed by atoms with Crippen molar-refractivity contribution in [2.75, 3.05) is 5.75 Å². The number of amides is 1. The lowest BCUT2D eigenvalue weighted by Gasteiger charge is -2.27. The number of rotatable bonds is 5. The van der Waals surface area contributed by atoms with Gasteiger partial charge < -0.3 is 10.4 Å². The van der Waals surface area contributed by atoms with E-state index in [1.807, 2.05) is 0 Å². The lowest BCUT2D eigenvalue weighted by molar-refractivity contribution is -0.144. The van der Waals surface area contributed by atoms with Gasteiger partial charge in [0.2, 0.25) is 5.91 Å². The Labute approximate surface area is 125 Å². The molecule has 0 aliphatic heterocycles. The highest BCUT2D eigenvalue weighted by atomic mass is 32.2. The van der Waals surface area contributed by atoms with Gasteiger partial charge in [0.05, 0.1) is 5.75 Å². The Morgan fingerprint density at radius 2 is 1.95 bits per heavy atom. The van der Waals surface area contributed by atoms with Gasteiger partial charge in [0.1, 0.15) is 17.7 Å². The molecule has 1 amide bonds. The van der Waals surface area contributed by atoms with Crippen molar-refractivity contribution in [1.29, 1.82) is 0 Å². The van der Waals surface area contributed by atoms with Crippen LogP contribution in [0.15, 0.2) is 23.1 Å². The van der Waals surface area contributed by atoms with Crippen LogP contribution in [-0.2, 0) is 9.59 Å². The monoisotopic (exact) mass is 317 g/mol. The molecule has 0 fully saturated rings. The summed E-state index contributed by atoms with van der Waals surface area (Å²) >= 11 is 0.882. The summed E-state index contributed by atoms with van der Waals surface area (Å²) in [5.74, 6) is -3.25. The summed E-state index contributed by atoms with van der Waals surface area (Å²) in [6, 6.07) is 2.03. The molecule has 0 heterocycles. The van der Waals surface area contributed by atoms with Gasteiger partial charge in [0.15, 0.2) is 0 Å². The molecule has 0 saturated heterocycles. The lowest BCUT2D eigenvalue weighted by atomic mass is 9.87. The summed E-state index contributed by atoms with van der Waals surface area (Å²) < 4.78 is 26.1. The van der Waals surface area contributed by atoms with Crippen LogP contribution < -0.4 is 5.32 Å². The van der Waals surface area contributed by atoms with E-state index in [-0.39, 0.29) is 10.6 Å². The smallest absolute Gasteiger partial charge is 0.326 e. The van der Waals surface area contributed by atoms with Crippen LogP contribution >= 0.6 is 11.8 Å². The Balaban J connectivity index is 2.63. The average Bonchev–Trinajstić information content (AvgIpc) is 2.33. The Morgan fingerprint density at radius 1 is 1.33 bits per heavy atom. The maximum atomic E-state index is 13.4. The first kappa shape index (κ1) is 17.4. The molecule has 0 saturated carbocycles. The van der Waals surface area contributed by atoms with E-state index in [0.717, 1.165) is 23.9 Å². The largest absolute Gasteiger partial charge is 0.480 e. The third-order valence-corrected chi connectivity index (χ3v) is 3.72. The highest BCUT2D eigenvalue weighted by Gasteiger charge is 2.32. The van der Waals surface area contributed by atoms with Gasteiger partial charge in [0.25, 0.3) is 0 Å². The minimum absolute atomic E-state index is 0.134. The van der Waals surface area contributed by atoms with E-state index in [1.165, 1.54) is 6.07 Å². The van der Waals surface area contributed by atoms with Crippen molar-refractivity contribution in [3.8, 4) is 0 Å². The number of carbonyl (C=O) groups is 2. The molecular weight excluding hydrogens is 300 g/mol. The van der Waals surface area contributed by atoms with Crippen LogP contribution in [0.4, 0.5) is 8.78 Å². The zero-order valence-electron chi connectivity index (χ0n) is 11.9. The summed E-state index contributed by atoms with van der Waals surface area (Å²) in [6.45, 7) is 5.08. The van der Waals surface area contributed by atoms with E-state index in [2.05, 4.69) is 5.32 Å². The van der Waals surface area contributed by atoms with Crippen molar-refractivity contribution in [2.24, 2.45) is 5.41 Å². The fraction of sp³-hybridized carbons (Fsp3) is 0.429. The van der Waals surface area contributed by atoms with Crippen LogP contribution in [0.1, 0.15) is 20.8 Å². The zero-order chi connectivity index (χ0) is 16.2. The number of hydrogen-bond donors (Lipinski definition) is 2. The van der Waals surface area contributed by atoms with Crippen LogP contribution in [0.2, 0.25) is 0 Å². The van der Waals surface area contributed by atoms with Gasteiger partial charge >= 0.3 is 5.97 Å². The Hall–Kier alpha value is -1.63. The predicted molar refractivity (Wildman–Crippen MR) is 76.1 cm³/mol. The van der Waals surface area contributed by atoms with Gasteiger partial charge in [-0.1, -0.05) is 20.8 Å². The molecule has 0 aromatic heterocycles. The third kappa shape index (κ3) is 5.34. The standard InChI is InChI=1S/C14H17F2NO3S/c1-14(2,3)12(13(19)20)17-11(18)7-21-10-5-4-8(15)6-9(10)16/h4-6,12H,7H2,1-3H3,(H,17,18)(H,19,20)/t12-/m1/s1. The van der Waals surface area contributed by atoms with Gasteiger partial charge in [0, 0.05) is 11.0 Å². The van der Waals surface area contributed by atoms with E-state index >= 15 is 0 Å². The van der Waals surface area contributed by atoms with Crippen molar-refractivity contribution >= 4 is 23.6 Å². The molecule has 0 bridgehead atoms. The number of carboxylic acids is 1. The maximum absolute atomic E-state index is 13.4. The molecule has 0 unspecified atom stereocenters. The topological polar surface area (TPSA) is 66.4 Å².